The first kappa shape index (κ1) is 64.5. The summed E-state index contributed by atoms with van der Waals surface area (Å²) < 4.78 is 29.0. The van der Waals surface area contributed by atoms with Gasteiger partial charge in [0.2, 0.25) is 39.6 Å². The third-order valence-electron chi connectivity index (χ3n) is 14.0. The normalized spacial score (nSPS) is 14.9. The van der Waals surface area contributed by atoms with Crippen LogP contribution in [0.4, 0.5) is 5.69 Å². The predicted molar refractivity (Wildman–Crippen MR) is 306 cm³/mol. The summed E-state index contributed by atoms with van der Waals surface area (Å²) in [5, 5.41) is 14.6. The van der Waals surface area contributed by atoms with Crippen molar-refractivity contribution in [3.05, 3.63) is 125 Å². The van der Waals surface area contributed by atoms with Crippen LogP contribution in [0.1, 0.15) is 117 Å². The van der Waals surface area contributed by atoms with Crippen molar-refractivity contribution in [2.45, 2.75) is 148 Å². The SMILES string of the molecule is CNC(C(=O)NC(C(=O)N(C)C(C=C(C)C(=O)NS(=O)(=O)Cc1ccc(NC(=O)C(CCCCN)NC(=O)C(Cc2ccccc2)NC(=O)CCCCCN2C(=O)C=CC2=O)cc1)C(C)C)C(C)(C)C)C(C)(C)c1ccccc1. The third kappa shape index (κ3) is 19.7. The summed E-state index contributed by atoms with van der Waals surface area (Å²) in [6, 6.07) is 20.3. The molecule has 0 bridgehead atoms. The Bertz CT molecular complexity index is 2740. The average Bonchev–Trinajstić information content (AvgIpc) is 3.72. The van der Waals surface area contributed by atoms with E-state index in [4.69, 9.17) is 5.73 Å². The first-order valence-electron chi connectivity index (χ1n) is 27.0. The molecule has 430 valence electrons. The van der Waals surface area contributed by atoms with Crippen LogP contribution in [0.25, 0.3) is 0 Å². The number of hydrogen-bond donors (Lipinski definition) is 7. The Morgan fingerprint density at radius 1 is 0.709 bits per heavy atom. The Hall–Kier alpha value is -7.03. The second-order valence-electron chi connectivity index (χ2n) is 22.2. The van der Waals surface area contributed by atoms with Gasteiger partial charge in [0, 0.05) is 55.3 Å². The fourth-order valence-electron chi connectivity index (χ4n) is 9.30. The molecule has 0 spiro atoms. The topological polar surface area (TPSA) is 275 Å². The number of nitrogens with zero attached hydrogens (tertiary/aromatic N) is 2. The first-order chi connectivity index (χ1) is 37.2. The van der Waals surface area contributed by atoms with Crippen molar-refractivity contribution in [1.29, 1.82) is 0 Å². The number of sulfonamides is 1. The van der Waals surface area contributed by atoms with Crippen LogP contribution < -0.4 is 37.0 Å². The number of hydrogen-bond acceptors (Lipinski definition) is 12. The molecule has 3 aromatic carbocycles. The third-order valence-corrected chi connectivity index (χ3v) is 15.2. The van der Waals surface area contributed by atoms with E-state index in [1.54, 1.807) is 20.2 Å². The van der Waals surface area contributed by atoms with Gasteiger partial charge in [0.05, 0.1) is 17.8 Å². The highest BCUT2D eigenvalue weighted by Crippen LogP contribution is 2.29. The Kier molecular flexibility index (Phi) is 24.3. The highest BCUT2D eigenvalue weighted by molar-refractivity contribution is 7.89. The lowest BCUT2D eigenvalue weighted by Crippen LogP contribution is -2.61. The van der Waals surface area contributed by atoms with Crippen LogP contribution in [0, 0.1) is 11.3 Å². The number of anilines is 1. The molecule has 1 heterocycles. The molecule has 0 saturated heterocycles. The number of unbranched alkanes of at least 4 members (excludes halogenated alkanes) is 3. The van der Waals surface area contributed by atoms with E-state index < -0.39 is 80.4 Å². The molecule has 0 aromatic heterocycles. The minimum Gasteiger partial charge on any atom is -0.344 e. The number of amides is 8. The molecule has 1 aliphatic rings. The van der Waals surface area contributed by atoms with Gasteiger partial charge in [-0.05, 0) is 92.8 Å². The fraction of sp³-hybridized carbons (Fsp3) is 0.492. The average molecular weight is 1110 g/mol. The summed E-state index contributed by atoms with van der Waals surface area (Å²) in [5.74, 6) is -4.68. The van der Waals surface area contributed by atoms with Crippen LogP contribution in [0.15, 0.2) is 109 Å². The molecule has 4 rings (SSSR count). The van der Waals surface area contributed by atoms with Crippen LogP contribution in [-0.2, 0) is 66.0 Å². The maximum atomic E-state index is 14.4. The zero-order valence-corrected chi connectivity index (χ0v) is 48.3. The molecule has 20 heteroatoms. The summed E-state index contributed by atoms with van der Waals surface area (Å²) in [6.45, 7) is 15.3. The van der Waals surface area contributed by atoms with Crippen molar-refractivity contribution in [3.63, 3.8) is 0 Å². The van der Waals surface area contributed by atoms with E-state index in [-0.39, 0.29) is 60.9 Å². The van der Waals surface area contributed by atoms with Crippen LogP contribution in [-0.4, -0.2) is 123 Å². The van der Waals surface area contributed by atoms with Gasteiger partial charge in [0.15, 0.2) is 0 Å². The molecule has 19 nitrogen and oxygen atoms in total. The number of carbonyl (C=O) groups excluding carboxylic acids is 8. The smallest absolute Gasteiger partial charge is 0.260 e. The standard InChI is InChI=1S/C59H83N9O10S/c1-39(2)47(67(10)57(76)52(58(4,5)6)65-56(75)51(61-9)59(7,8)43-24-16-12-17-25-43)36-40(3)53(72)66-79(77,78)38-42-28-30-44(31-29-42)62-54(73)45(26-19-20-34-60)64-55(74)46(37-41-22-14-11-15-23-41)63-48(69)27-18-13-21-35-68-49(70)32-33-50(68)71/h11-12,14-17,22-25,28-33,36,39,45-47,51-52,61H,13,18-21,26-27,34-35,37-38,60H2,1-10H3,(H,62,73)(H,63,69)(H,64,74)(H,65,75)(H,66,72). The Balaban J connectivity index is 1.39. The van der Waals surface area contributed by atoms with Gasteiger partial charge in [0.1, 0.15) is 18.1 Å². The minimum atomic E-state index is -4.27. The molecule has 79 heavy (non-hydrogen) atoms. The van der Waals surface area contributed by atoms with Gasteiger partial charge in [-0.3, -0.25) is 43.3 Å². The molecule has 5 atom stereocenters. The summed E-state index contributed by atoms with van der Waals surface area (Å²) >= 11 is 0. The Morgan fingerprint density at radius 2 is 1.32 bits per heavy atom. The number of rotatable bonds is 30. The molecule has 8 N–H and O–H groups in total. The van der Waals surface area contributed by atoms with Crippen molar-refractivity contribution in [2.75, 3.05) is 32.5 Å². The van der Waals surface area contributed by atoms with Crippen LogP contribution in [0.5, 0.6) is 0 Å². The molecule has 8 amide bonds. The molecule has 0 radical (unpaired) electrons. The quantitative estimate of drug-likeness (QED) is 0.0266. The molecule has 0 aliphatic carbocycles. The Labute approximate surface area is 466 Å². The lowest BCUT2D eigenvalue weighted by Gasteiger charge is -2.40. The van der Waals surface area contributed by atoms with Crippen molar-refractivity contribution >= 4 is 63.0 Å². The van der Waals surface area contributed by atoms with E-state index in [0.717, 1.165) is 16.0 Å². The van der Waals surface area contributed by atoms with Gasteiger partial charge in [-0.25, -0.2) is 13.1 Å². The minimum absolute atomic E-state index is 0.0517. The molecular weight excluding hydrogens is 1030 g/mol. The van der Waals surface area contributed by atoms with E-state index in [1.807, 2.05) is 109 Å². The fourth-order valence-corrected chi connectivity index (χ4v) is 10.4. The van der Waals surface area contributed by atoms with Crippen molar-refractivity contribution < 1.29 is 46.8 Å². The second-order valence-corrected chi connectivity index (χ2v) is 23.9. The number of imide groups is 1. The molecule has 5 unspecified atom stereocenters. The predicted octanol–water partition coefficient (Wildman–Crippen LogP) is 4.92. The number of carbonyl (C=O) groups is 8. The number of nitrogens with one attached hydrogen (secondary N) is 6. The monoisotopic (exact) mass is 1110 g/mol. The summed E-state index contributed by atoms with van der Waals surface area (Å²) in [7, 11) is -0.976. The summed E-state index contributed by atoms with van der Waals surface area (Å²) in [6.07, 6.45) is 7.07. The number of likely N-dealkylation sites (N-methyl/N-ethyl adjacent to an activating group) is 2. The molecule has 3 aromatic rings. The maximum absolute atomic E-state index is 14.4. The molecular formula is C59H83N9O10S. The van der Waals surface area contributed by atoms with Gasteiger partial charge in [-0.2, -0.15) is 0 Å². The number of nitrogens with two attached hydrogens (primary N) is 1. The zero-order valence-electron chi connectivity index (χ0n) is 47.5. The summed E-state index contributed by atoms with van der Waals surface area (Å²) in [5.41, 5.74) is 6.77. The van der Waals surface area contributed by atoms with E-state index in [0.29, 0.717) is 49.9 Å². The summed E-state index contributed by atoms with van der Waals surface area (Å²) in [4.78, 5) is 109. The van der Waals surface area contributed by atoms with Crippen LogP contribution in [0.2, 0.25) is 0 Å². The van der Waals surface area contributed by atoms with E-state index in [9.17, 15) is 46.8 Å². The van der Waals surface area contributed by atoms with Crippen molar-refractivity contribution in [3.8, 4) is 0 Å². The molecule has 1 aliphatic heterocycles. The lowest BCUT2D eigenvalue weighted by molar-refractivity contribution is -0.141. The molecule has 0 fully saturated rings. The second kappa shape index (κ2) is 29.8. The lowest BCUT2D eigenvalue weighted by atomic mass is 9.76. The van der Waals surface area contributed by atoms with E-state index in [2.05, 4.69) is 31.3 Å². The highest BCUT2D eigenvalue weighted by atomic mass is 32.2. The zero-order chi connectivity index (χ0) is 58.7. The first-order valence-corrected chi connectivity index (χ1v) is 28.6. The van der Waals surface area contributed by atoms with Gasteiger partial charge >= 0.3 is 0 Å². The Morgan fingerprint density at radius 3 is 1.89 bits per heavy atom. The van der Waals surface area contributed by atoms with Gasteiger partial charge in [-0.1, -0.05) is 134 Å². The van der Waals surface area contributed by atoms with Gasteiger partial charge in [-0.15, -0.1) is 0 Å². The number of benzene rings is 3. The van der Waals surface area contributed by atoms with Crippen molar-refractivity contribution in [2.24, 2.45) is 17.1 Å². The van der Waals surface area contributed by atoms with Gasteiger partial charge in [0.25, 0.3) is 17.7 Å². The molecule has 0 saturated carbocycles. The maximum Gasteiger partial charge on any atom is 0.260 e. The highest BCUT2D eigenvalue weighted by Gasteiger charge is 2.42. The van der Waals surface area contributed by atoms with E-state index >= 15 is 0 Å². The largest absolute Gasteiger partial charge is 0.344 e. The van der Waals surface area contributed by atoms with Crippen LogP contribution in [0.3, 0.4) is 0 Å². The van der Waals surface area contributed by atoms with Crippen LogP contribution >= 0.6 is 0 Å². The van der Waals surface area contributed by atoms with Crippen molar-refractivity contribution in [1.82, 2.24) is 35.8 Å². The van der Waals surface area contributed by atoms with Gasteiger partial charge < -0.3 is 37.2 Å². The van der Waals surface area contributed by atoms with E-state index in [1.165, 1.54) is 48.2 Å².